The molecule has 0 aromatic rings. The largest absolute Gasteiger partial charge is 0.511 e. The molecular weight excluding hydrogens is 132 g/mol. The number of carboxylic acid groups (broad SMARTS) is 1. The summed E-state index contributed by atoms with van der Waals surface area (Å²) < 4.78 is 0. The van der Waals surface area contributed by atoms with Crippen LogP contribution in [0.25, 0.3) is 0 Å². The van der Waals surface area contributed by atoms with Gasteiger partial charge in [0.1, 0.15) is 5.76 Å². The van der Waals surface area contributed by atoms with Gasteiger partial charge in [0.05, 0.1) is 5.57 Å². The lowest BCUT2D eigenvalue weighted by molar-refractivity contribution is -0.132. The van der Waals surface area contributed by atoms with Crippen molar-refractivity contribution in [2.24, 2.45) is 0 Å². The van der Waals surface area contributed by atoms with E-state index in [1.165, 1.54) is 13.0 Å². The molecule has 0 radical (unpaired) electrons. The third-order valence-electron chi connectivity index (χ3n) is 1.09. The molecule has 0 spiro atoms. The Balaban J connectivity index is 4.33. The molecule has 0 rings (SSSR count). The molecule has 0 aliphatic carbocycles. The first-order valence-electron chi connectivity index (χ1n) is 2.82. The second-order valence-electron chi connectivity index (χ2n) is 1.87. The highest BCUT2D eigenvalue weighted by atomic mass is 16.4. The number of aliphatic carboxylic acids is 1. The first kappa shape index (κ1) is 8.75. The summed E-state index contributed by atoms with van der Waals surface area (Å²) in [6.45, 7) is 4.70. The predicted octanol–water partition coefficient (Wildman–Crippen LogP) is 1.48. The number of hydrogen-bond donors (Lipinski definition) is 2. The van der Waals surface area contributed by atoms with Crippen molar-refractivity contribution >= 4 is 5.97 Å². The molecule has 2 N–H and O–H groups in total. The fourth-order valence-electron chi connectivity index (χ4n) is 0.413. The minimum atomic E-state index is -1.10. The van der Waals surface area contributed by atoms with Crippen molar-refractivity contribution in [1.29, 1.82) is 0 Å². The van der Waals surface area contributed by atoms with E-state index in [-0.39, 0.29) is 17.8 Å². The Bertz CT molecular complexity index is 179. The molecule has 0 aromatic carbocycles. The summed E-state index contributed by atoms with van der Waals surface area (Å²) in [5.74, 6) is -1.23. The number of hydrogen-bond acceptors (Lipinski definition) is 2. The standard InChI is InChI=1S/C7H10O3/c1-3-4-6(8)5(2)7(9)10/h3,8H,1,4H2,2H3,(H,9,10)/b6-5+. The van der Waals surface area contributed by atoms with Gasteiger partial charge >= 0.3 is 5.97 Å². The molecule has 0 heterocycles. The molecular formula is C7H10O3. The Morgan fingerprint density at radius 3 is 2.40 bits per heavy atom. The predicted molar refractivity (Wildman–Crippen MR) is 37.8 cm³/mol. The van der Waals surface area contributed by atoms with Crippen LogP contribution in [-0.2, 0) is 4.79 Å². The van der Waals surface area contributed by atoms with E-state index in [1.54, 1.807) is 0 Å². The van der Waals surface area contributed by atoms with Crippen molar-refractivity contribution in [3.05, 3.63) is 24.0 Å². The minimum absolute atomic E-state index is 0.0279. The van der Waals surface area contributed by atoms with Crippen LogP contribution in [-0.4, -0.2) is 16.2 Å². The Hall–Kier alpha value is -1.25. The molecule has 0 saturated heterocycles. The van der Waals surface area contributed by atoms with Crippen LogP contribution in [0.4, 0.5) is 0 Å². The van der Waals surface area contributed by atoms with E-state index in [9.17, 15) is 4.79 Å². The van der Waals surface area contributed by atoms with Crippen molar-refractivity contribution in [1.82, 2.24) is 0 Å². The summed E-state index contributed by atoms with van der Waals surface area (Å²) in [6, 6.07) is 0. The molecule has 3 nitrogen and oxygen atoms in total. The molecule has 0 saturated carbocycles. The van der Waals surface area contributed by atoms with Gasteiger partial charge in [-0.3, -0.25) is 0 Å². The highest BCUT2D eigenvalue weighted by Gasteiger charge is 2.05. The van der Waals surface area contributed by atoms with E-state index in [2.05, 4.69) is 6.58 Å². The number of carbonyl (C=O) groups is 1. The van der Waals surface area contributed by atoms with Gasteiger partial charge in [0.25, 0.3) is 0 Å². The minimum Gasteiger partial charge on any atom is -0.511 e. The maximum absolute atomic E-state index is 10.2. The van der Waals surface area contributed by atoms with Gasteiger partial charge in [-0.05, 0) is 6.92 Å². The summed E-state index contributed by atoms with van der Waals surface area (Å²) in [5, 5.41) is 17.2. The van der Waals surface area contributed by atoms with E-state index in [0.717, 1.165) is 0 Å². The number of aliphatic hydroxyl groups excluding tert-OH is 1. The number of allylic oxidation sites excluding steroid dienone is 1. The Labute approximate surface area is 59.3 Å². The Morgan fingerprint density at radius 2 is 2.10 bits per heavy atom. The maximum atomic E-state index is 10.2. The molecule has 0 bridgehead atoms. The summed E-state index contributed by atoms with van der Waals surface area (Å²) in [5.41, 5.74) is -0.0279. The molecule has 0 atom stereocenters. The lowest BCUT2D eigenvalue weighted by Gasteiger charge is -1.96. The normalized spacial score (nSPS) is 12.1. The van der Waals surface area contributed by atoms with Crippen LogP contribution < -0.4 is 0 Å². The average molecular weight is 142 g/mol. The smallest absolute Gasteiger partial charge is 0.334 e. The fraction of sp³-hybridized carbons (Fsp3) is 0.286. The Morgan fingerprint density at radius 1 is 1.60 bits per heavy atom. The van der Waals surface area contributed by atoms with Gasteiger partial charge in [-0.15, -0.1) is 6.58 Å². The Kier molecular flexibility index (Phi) is 3.25. The average Bonchev–Trinajstić information content (AvgIpc) is 1.87. The van der Waals surface area contributed by atoms with Gasteiger partial charge < -0.3 is 10.2 Å². The first-order chi connectivity index (χ1) is 4.59. The summed E-state index contributed by atoms with van der Waals surface area (Å²) in [6.07, 6.45) is 1.65. The second kappa shape index (κ2) is 3.71. The molecule has 10 heavy (non-hydrogen) atoms. The summed E-state index contributed by atoms with van der Waals surface area (Å²) in [4.78, 5) is 10.2. The van der Waals surface area contributed by atoms with Gasteiger partial charge in [-0.25, -0.2) is 4.79 Å². The zero-order valence-electron chi connectivity index (χ0n) is 5.79. The SMILES string of the molecule is C=CC/C(O)=C(/C)C(=O)O. The lowest BCUT2D eigenvalue weighted by atomic mass is 10.2. The molecule has 0 amide bonds. The first-order valence-corrected chi connectivity index (χ1v) is 2.82. The van der Waals surface area contributed by atoms with Crippen molar-refractivity contribution in [3.8, 4) is 0 Å². The third-order valence-corrected chi connectivity index (χ3v) is 1.09. The summed E-state index contributed by atoms with van der Waals surface area (Å²) in [7, 11) is 0. The van der Waals surface area contributed by atoms with E-state index >= 15 is 0 Å². The number of carboxylic acids is 1. The van der Waals surface area contributed by atoms with Crippen LogP contribution >= 0.6 is 0 Å². The second-order valence-corrected chi connectivity index (χ2v) is 1.87. The topological polar surface area (TPSA) is 57.5 Å². The van der Waals surface area contributed by atoms with Crippen LogP contribution in [0.3, 0.4) is 0 Å². The van der Waals surface area contributed by atoms with Crippen LogP contribution in [0.2, 0.25) is 0 Å². The molecule has 0 aromatic heterocycles. The van der Waals surface area contributed by atoms with E-state index in [0.29, 0.717) is 0 Å². The van der Waals surface area contributed by atoms with Crippen LogP contribution in [0.15, 0.2) is 24.0 Å². The van der Waals surface area contributed by atoms with Gasteiger partial charge in [-0.1, -0.05) is 6.08 Å². The number of aliphatic hydroxyl groups is 1. The van der Waals surface area contributed by atoms with E-state index in [1.807, 2.05) is 0 Å². The van der Waals surface area contributed by atoms with Crippen LogP contribution in [0.1, 0.15) is 13.3 Å². The van der Waals surface area contributed by atoms with Gasteiger partial charge in [0.15, 0.2) is 0 Å². The zero-order chi connectivity index (χ0) is 8.15. The van der Waals surface area contributed by atoms with Gasteiger partial charge in [0, 0.05) is 6.42 Å². The van der Waals surface area contributed by atoms with Crippen LogP contribution in [0, 0.1) is 0 Å². The van der Waals surface area contributed by atoms with E-state index in [4.69, 9.17) is 10.2 Å². The maximum Gasteiger partial charge on any atom is 0.334 e. The van der Waals surface area contributed by atoms with E-state index < -0.39 is 5.97 Å². The molecule has 56 valence electrons. The van der Waals surface area contributed by atoms with Crippen LogP contribution in [0.5, 0.6) is 0 Å². The molecule has 0 aliphatic heterocycles. The van der Waals surface area contributed by atoms with Gasteiger partial charge in [0.2, 0.25) is 0 Å². The molecule has 0 unspecified atom stereocenters. The number of rotatable bonds is 3. The summed E-state index contributed by atoms with van der Waals surface area (Å²) >= 11 is 0. The quantitative estimate of drug-likeness (QED) is 0.356. The van der Waals surface area contributed by atoms with Crippen molar-refractivity contribution < 1.29 is 15.0 Å². The highest BCUT2D eigenvalue weighted by molar-refractivity contribution is 5.86. The molecule has 0 aliphatic rings. The molecule has 3 heteroatoms. The van der Waals surface area contributed by atoms with Crippen molar-refractivity contribution in [3.63, 3.8) is 0 Å². The van der Waals surface area contributed by atoms with Crippen molar-refractivity contribution in [2.75, 3.05) is 0 Å². The monoisotopic (exact) mass is 142 g/mol. The van der Waals surface area contributed by atoms with Gasteiger partial charge in [-0.2, -0.15) is 0 Å². The zero-order valence-corrected chi connectivity index (χ0v) is 5.79. The highest BCUT2D eigenvalue weighted by Crippen LogP contribution is 2.04. The molecule has 0 fully saturated rings. The lowest BCUT2D eigenvalue weighted by Crippen LogP contribution is -2.00. The van der Waals surface area contributed by atoms with Crippen molar-refractivity contribution in [2.45, 2.75) is 13.3 Å². The third kappa shape index (κ3) is 2.35. The fourth-order valence-corrected chi connectivity index (χ4v) is 0.413.